The average molecular weight is 310 g/mol. The summed E-state index contributed by atoms with van der Waals surface area (Å²) >= 11 is 0. The van der Waals surface area contributed by atoms with Crippen LogP contribution in [0.4, 0.5) is 35.1 Å². The van der Waals surface area contributed by atoms with Gasteiger partial charge in [0.15, 0.2) is 17.4 Å². The third kappa shape index (κ3) is 1.93. The van der Waals surface area contributed by atoms with Crippen LogP contribution in [0.3, 0.4) is 0 Å². The summed E-state index contributed by atoms with van der Waals surface area (Å²) in [5.74, 6) is -29.6. The molecule has 0 unspecified atom stereocenters. The van der Waals surface area contributed by atoms with Gasteiger partial charge in [-0.15, -0.1) is 0 Å². The van der Waals surface area contributed by atoms with Gasteiger partial charge in [-0.2, -0.15) is 22.0 Å². The number of phenols is 1. The van der Waals surface area contributed by atoms with Gasteiger partial charge in [-0.05, 0) is 0 Å². The summed E-state index contributed by atoms with van der Waals surface area (Å²) in [5, 5.41) is 16.7. The van der Waals surface area contributed by atoms with Crippen molar-refractivity contribution in [2.24, 2.45) is 0 Å². The lowest BCUT2D eigenvalue weighted by molar-refractivity contribution is -0.230. The Hall–Kier alpha value is -2.07. The molecule has 0 spiro atoms. The van der Waals surface area contributed by atoms with E-state index in [2.05, 4.69) is 0 Å². The molecular formula is C9H2F8O3. The Bertz CT molecular complexity index is 554. The van der Waals surface area contributed by atoms with E-state index in [-0.39, 0.29) is 0 Å². The van der Waals surface area contributed by atoms with Crippen LogP contribution in [0.2, 0.25) is 0 Å². The molecule has 0 aliphatic rings. The Morgan fingerprint density at radius 1 is 0.850 bits per heavy atom. The molecule has 0 amide bonds. The fourth-order valence-electron chi connectivity index (χ4n) is 1.20. The summed E-state index contributed by atoms with van der Waals surface area (Å²) in [6.45, 7) is 0. The molecule has 0 atom stereocenters. The van der Waals surface area contributed by atoms with Crippen LogP contribution in [0.5, 0.6) is 5.75 Å². The van der Waals surface area contributed by atoms with E-state index >= 15 is 0 Å². The molecule has 112 valence electrons. The van der Waals surface area contributed by atoms with Gasteiger partial charge < -0.3 is 10.2 Å². The predicted molar refractivity (Wildman–Crippen MR) is 44.4 cm³/mol. The van der Waals surface area contributed by atoms with Crippen molar-refractivity contribution in [2.45, 2.75) is 11.8 Å². The van der Waals surface area contributed by atoms with Gasteiger partial charge in [0, 0.05) is 0 Å². The molecule has 0 heterocycles. The highest BCUT2D eigenvalue weighted by Crippen LogP contribution is 2.48. The molecule has 0 radical (unpaired) electrons. The SMILES string of the molecule is O=C(O)C(F)(F)C(F)(F)c1c(O)c(F)c(F)c(F)c1F. The first-order valence-corrected chi connectivity index (χ1v) is 4.41. The van der Waals surface area contributed by atoms with Gasteiger partial charge in [-0.25, -0.2) is 18.0 Å². The van der Waals surface area contributed by atoms with Crippen molar-refractivity contribution in [3.63, 3.8) is 0 Å². The van der Waals surface area contributed by atoms with E-state index in [0.717, 1.165) is 0 Å². The van der Waals surface area contributed by atoms with E-state index in [1.807, 2.05) is 0 Å². The van der Waals surface area contributed by atoms with Crippen molar-refractivity contribution in [3.8, 4) is 5.75 Å². The van der Waals surface area contributed by atoms with Crippen molar-refractivity contribution in [1.82, 2.24) is 0 Å². The lowest BCUT2D eigenvalue weighted by Gasteiger charge is -2.24. The molecule has 2 N–H and O–H groups in total. The Labute approximate surface area is 104 Å². The Kier molecular flexibility index (Phi) is 3.59. The second kappa shape index (κ2) is 4.49. The van der Waals surface area contributed by atoms with Crippen LogP contribution in [0, 0.1) is 23.3 Å². The molecule has 1 aromatic rings. The fraction of sp³-hybridized carbons (Fsp3) is 0.222. The largest absolute Gasteiger partial charge is 0.504 e. The summed E-state index contributed by atoms with van der Waals surface area (Å²) in [5.41, 5.74) is -3.00. The van der Waals surface area contributed by atoms with E-state index < -0.39 is 52.4 Å². The number of aliphatic carboxylic acids is 1. The first-order chi connectivity index (χ1) is 8.87. The molecule has 1 rings (SSSR count). The topological polar surface area (TPSA) is 57.5 Å². The zero-order chi connectivity index (χ0) is 16.0. The van der Waals surface area contributed by atoms with Crippen molar-refractivity contribution >= 4 is 5.97 Å². The van der Waals surface area contributed by atoms with E-state index in [1.165, 1.54) is 0 Å². The van der Waals surface area contributed by atoms with Gasteiger partial charge in [0.05, 0.1) is 0 Å². The number of carboxylic acids is 1. The van der Waals surface area contributed by atoms with Crippen LogP contribution in [-0.4, -0.2) is 22.1 Å². The minimum absolute atomic E-state index is 2.66. The number of carboxylic acid groups (broad SMARTS) is 1. The van der Waals surface area contributed by atoms with Crippen LogP contribution in [0.1, 0.15) is 5.56 Å². The minimum atomic E-state index is -6.04. The average Bonchev–Trinajstić information content (AvgIpc) is 2.33. The fourth-order valence-corrected chi connectivity index (χ4v) is 1.20. The van der Waals surface area contributed by atoms with Crippen LogP contribution < -0.4 is 0 Å². The number of alkyl halides is 4. The zero-order valence-corrected chi connectivity index (χ0v) is 8.83. The normalized spacial score (nSPS) is 12.6. The lowest BCUT2D eigenvalue weighted by Crippen LogP contribution is -2.45. The van der Waals surface area contributed by atoms with Crippen LogP contribution >= 0.6 is 0 Å². The molecule has 0 saturated carbocycles. The molecule has 1 aromatic carbocycles. The highest BCUT2D eigenvalue weighted by Gasteiger charge is 2.66. The summed E-state index contributed by atoms with van der Waals surface area (Å²) in [7, 11) is 0. The Balaban J connectivity index is 3.76. The summed E-state index contributed by atoms with van der Waals surface area (Å²) < 4.78 is 103. The summed E-state index contributed by atoms with van der Waals surface area (Å²) in [4.78, 5) is 10.0. The van der Waals surface area contributed by atoms with Gasteiger partial charge >= 0.3 is 17.8 Å². The minimum Gasteiger partial charge on any atom is -0.504 e. The standard InChI is InChI=1S/C9H2F8O3/c10-2-1(6(18)5(13)4(12)3(2)11)8(14,15)9(16,17)7(19)20/h18H,(H,19,20). The molecule has 0 bridgehead atoms. The number of rotatable bonds is 3. The quantitative estimate of drug-likeness (QED) is 0.513. The number of aromatic hydroxyl groups is 1. The Morgan fingerprint density at radius 2 is 1.25 bits per heavy atom. The van der Waals surface area contributed by atoms with Crippen molar-refractivity contribution in [1.29, 1.82) is 0 Å². The predicted octanol–water partition coefficient (Wildman–Crippen LogP) is 2.76. The monoisotopic (exact) mass is 310 g/mol. The first kappa shape index (κ1) is 16.0. The number of benzene rings is 1. The van der Waals surface area contributed by atoms with Crippen molar-refractivity contribution in [2.75, 3.05) is 0 Å². The van der Waals surface area contributed by atoms with Gasteiger partial charge in [0.1, 0.15) is 5.56 Å². The first-order valence-electron chi connectivity index (χ1n) is 4.41. The van der Waals surface area contributed by atoms with Crippen LogP contribution in [0.25, 0.3) is 0 Å². The highest BCUT2D eigenvalue weighted by molar-refractivity contribution is 5.77. The molecule has 0 aliphatic carbocycles. The van der Waals surface area contributed by atoms with E-state index in [1.54, 1.807) is 0 Å². The maximum absolute atomic E-state index is 13.2. The second-order valence-corrected chi connectivity index (χ2v) is 3.43. The van der Waals surface area contributed by atoms with E-state index in [0.29, 0.717) is 0 Å². The van der Waals surface area contributed by atoms with Gasteiger partial charge in [-0.3, -0.25) is 0 Å². The lowest BCUT2D eigenvalue weighted by atomic mass is 9.99. The van der Waals surface area contributed by atoms with Gasteiger partial charge in [-0.1, -0.05) is 0 Å². The van der Waals surface area contributed by atoms with Crippen LogP contribution in [-0.2, 0) is 10.7 Å². The highest BCUT2D eigenvalue weighted by atomic mass is 19.3. The maximum Gasteiger partial charge on any atom is 0.408 e. The smallest absolute Gasteiger partial charge is 0.408 e. The van der Waals surface area contributed by atoms with E-state index in [4.69, 9.17) is 10.2 Å². The summed E-state index contributed by atoms with van der Waals surface area (Å²) in [6.07, 6.45) is 0. The van der Waals surface area contributed by atoms with Crippen molar-refractivity contribution < 1.29 is 50.1 Å². The molecule has 20 heavy (non-hydrogen) atoms. The molecule has 0 saturated heterocycles. The second-order valence-electron chi connectivity index (χ2n) is 3.43. The van der Waals surface area contributed by atoms with Crippen molar-refractivity contribution in [3.05, 3.63) is 28.8 Å². The molecule has 0 fully saturated rings. The van der Waals surface area contributed by atoms with Gasteiger partial charge in [0.25, 0.3) is 0 Å². The Morgan fingerprint density at radius 3 is 1.65 bits per heavy atom. The third-order valence-corrected chi connectivity index (χ3v) is 2.22. The summed E-state index contributed by atoms with van der Waals surface area (Å²) in [6, 6.07) is 0. The zero-order valence-electron chi connectivity index (χ0n) is 8.83. The molecule has 0 aromatic heterocycles. The number of phenolic OH excluding ortho intramolecular Hbond substituents is 1. The number of hydrogen-bond acceptors (Lipinski definition) is 2. The number of hydrogen-bond donors (Lipinski definition) is 2. The molecular weight excluding hydrogens is 308 g/mol. The third-order valence-electron chi connectivity index (χ3n) is 2.22. The number of carbonyl (C=O) groups is 1. The number of halogens is 8. The molecule has 0 aliphatic heterocycles. The van der Waals surface area contributed by atoms with Gasteiger partial charge in [0.2, 0.25) is 11.6 Å². The van der Waals surface area contributed by atoms with E-state index in [9.17, 15) is 39.9 Å². The van der Waals surface area contributed by atoms with Crippen LogP contribution in [0.15, 0.2) is 0 Å². The maximum atomic E-state index is 13.2. The molecule has 3 nitrogen and oxygen atoms in total. The molecule has 11 heteroatoms.